The van der Waals surface area contributed by atoms with Crippen LogP contribution in [-0.2, 0) is 4.79 Å². The fourth-order valence-electron chi connectivity index (χ4n) is 1.46. The van der Waals surface area contributed by atoms with Gasteiger partial charge >= 0.3 is 0 Å². The minimum absolute atomic E-state index is 0.0981. The Labute approximate surface area is 83.2 Å². The van der Waals surface area contributed by atoms with E-state index in [2.05, 4.69) is 17.2 Å². The highest BCUT2D eigenvalue weighted by Gasteiger charge is 2.16. The van der Waals surface area contributed by atoms with E-state index in [1.54, 1.807) is 0 Å². The number of thioether (sulfide) groups is 1. The Morgan fingerprint density at radius 2 is 2.54 bits per heavy atom. The van der Waals surface area contributed by atoms with Gasteiger partial charge in [0, 0.05) is 18.8 Å². The zero-order chi connectivity index (χ0) is 9.68. The van der Waals surface area contributed by atoms with Crippen LogP contribution in [0.4, 0.5) is 0 Å². The van der Waals surface area contributed by atoms with Crippen LogP contribution >= 0.6 is 11.8 Å². The molecule has 0 radical (unpaired) electrons. The van der Waals surface area contributed by atoms with Crippen LogP contribution in [0.25, 0.3) is 0 Å². The SMILES string of the molecule is CC1CSCCN(CC(=O)NN)C1. The minimum Gasteiger partial charge on any atom is -0.293 e. The van der Waals surface area contributed by atoms with E-state index in [1.807, 2.05) is 11.8 Å². The van der Waals surface area contributed by atoms with Crippen LogP contribution in [0.5, 0.6) is 0 Å². The molecule has 13 heavy (non-hydrogen) atoms. The zero-order valence-corrected chi connectivity index (χ0v) is 8.77. The number of hydrazine groups is 1. The highest BCUT2D eigenvalue weighted by atomic mass is 32.2. The first-order valence-electron chi connectivity index (χ1n) is 4.52. The summed E-state index contributed by atoms with van der Waals surface area (Å²) in [5.74, 6) is 7.91. The Morgan fingerprint density at radius 1 is 1.77 bits per heavy atom. The van der Waals surface area contributed by atoms with Crippen molar-refractivity contribution in [3.8, 4) is 0 Å². The average Bonchev–Trinajstić information content (AvgIpc) is 2.30. The number of carbonyl (C=O) groups excluding carboxylic acids is 1. The molecule has 0 bridgehead atoms. The first-order chi connectivity index (χ1) is 6.22. The zero-order valence-electron chi connectivity index (χ0n) is 7.95. The largest absolute Gasteiger partial charge is 0.293 e. The number of nitrogens with one attached hydrogen (secondary N) is 1. The van der Waals surface area contributed by atoms with Gasteiger partial charge in [-0.2, -0.15) is 11.8 Å². The smallest absolute Gasteiger partial charge is 0.248 e. The first-order valence-corrected chi connectivity index (χ1v) is 5.67. The van der Waals surface area contributed by atoms with E-state index in [0.29, 0.717) is 12.5 Å². The van der Waals surface area contributed by atoms with Gasteiger partial charge in [-0.25, -0.2) is 5.84 Å². The lowest BCUT2D eigenvalue weighted by atomic mass is 10.2. The molecule has 1 fully saturated rings. The number of amides is 1. The van der Waals surface area contributed by atoms with Crippen LogP contribution in [0, 0.1) is 5.92 Å². The Morgan fingerprint density at radius 3 is 3.23 bits per heavy atom. The molecule has 1 heterocycles. The first kappa shape index (κ1) is 10.8. The molecule has 76 valence electrons. The molecule has 3 N–H and O–H groups in total. The molecular formula is C8H17N3OS. The summed E-state index contributed by atoms with van der Waals surface area (Å²) in [4.78, 5) is 13.2. The van der Waals surface area contributed by atoms with Crippen molar-refractivity contribution in [3.05, 3.63) is 0 Å². The van der Waals surface area contributed by atoms with Gasteiger partial charge in [-0.05, 0) is 11.7 Å². The fraction of sp³-hybridized carbons (Fsp3) is 0.875. The predicted molar refractivity (Wildman–Crippen MR) is 55.3 cm³/mol. The molecule has 0 saturated carbocycles. The maximum atomic E-state index is 11.0. The summed E-state index contributed by atoms with van der Waals surface area (Å²) in [5, 5.41) is 0. The molecule has 0 aromatic rings. The van der Waals surface area contributed by atoms with Crippen molar-refractivity contribution in [2.45, 2.75) is 6.92 Å². The number of nitrogens with two attached hydrogens (primary N) is 1. The van der Waals surface area contributed by atoms with Crippen LogP contribution in [0.15, 0.2) is 0 Å². The van der Waals surface area contributed by atoms with Gasteiger partial charge in [-0.15, -0.1) is 0 Å². The van der Waals surface area contributed by atoms with E-state index in [-0.39, 0.29) is 5.91 Å². The van der Waals surface area contributed by atoms with Crippen molar-refractivity contribution in [2.24, 2.45) is 11.8 Å². The van der Waals surface area contributed by atoms with Gasteiger partial charge in [-0.1, -0.05) is 6.92 Å². The fourth-order valence-corrected chi connectivity index (χ4v) is 2.52. The molecule has 0 aliphatic carbocycles. The van der Waals surface area contributed by atoms with Crippen molar-refractivity contribution in [2.75, 3.05) is 31.1 Å². The monoisotopic (exact) mass is 203 g/mol. The van der Waals surface area contributed by atoms with Gasteiger partial charge in [0.25, 0.3) is 0 Å². The maximum absolute atomic E-state index is 11.0. The molecule has 0 aromatic carbocycles. The van der Waals surface area contributed by atoms with Gasteiger partial charge < -0.3 is 0 Å². The van der Waals surface area contributed by atoms with E-state index in [9.17, 15) is 4.79 Å². The Bertz CT molecular complexity index is 177. The van der Waals surface area contributed by atoms with Gasteiger partial charge in [0.2, 0.25) is 5.91 Å². The molecule has 0 spiro atoms. The standard InChI is InChI=1S/C8H17N3OS/c1-7-4-11(2-3-13-6-7)5-8(12)10-9/h7H,2-6,9H2,1H3,(H,10,12). The Balaban J connectivity index is 2.34. The number of rotatable bonds is 2. The highest BCUT2D eigenvalue weighted by molar-refractivity contribution is 7.99. The quantitative estimate of drug-likeness (QED) is 0.366. The number of hydrogen-bond donors (Lipinski definition) is 2. The molecule has 1 saturated heterocycles. The summed E-state index contributed by atoms with van der Waals surface area (Å²) < 4.78 is 0. The van der Waals surface area contributed by atoms with Gasteiger partial charge in [0.05, 0.1) is 6.54 Å². The summed E-state index contributed by atoms with van der Waals surface area (Å²) in [5.41, 5.74) is 2.16. The van der Waals surface area contributed by atoms with Gasteiger partial charge in [0.1, 0.15) is 0 Å². The third-order valence-corrected chi connectivity index (χ3v) is 3.33. The predicted octanol–water partition coefficient (Wildman–Crippen LogP) is -0.339. The number of nitrogens with zero attached hydrogens (tertiary/aromatic N) is 1. The molecule has 1 aliphatic heterocycles. The summed E-state index contributed by atoms with van der Waals surface area (Å²) in [7, 11) is 0. The van der Waals surface area contributed by atoms with E-state index < -0.39 is 0 Å². The van der Waals surface area contributed by atoms with E-state index in [1.165, 1.54) is 5.75 Å². The highest BCUT2D eigenvalue weighted by Crippen LogP contribution is 2.14. The minimum atomic E-state index is -0.0981. The second kappa shape index (κ2) is 5.47. The van der Waals surface area contributed by atoms with Crippen molar-refractivity contribution >= 4 is 17.7 Å². The lowest BCUT2D eigenvalue weighted by Gasteiger charge is -2.20. The molecule has 4 nitrogen and oxygen atoms in total. The van der Waals surface area contributed by atoms with Crippen molar-refractivity contribution in [1.29, 1.82) is 0 Å². The third kappa shape index (κ3) is 3.97. The summed E-state index contributed by atoms with van der Waals surface area (Å²) >= 11 is 1.96. The molecule has 1 rings (SSSR count). The van der Waals surface area contributed by atoms with Crippen LogP contribution in [-0.4, -0.2) is 41.9 Å². The molecule has 5 heteroatoms. The molecule has 1 aliphatic rings. The van der Waals surface area contributed by atoms with E-state index >= 15 is 0 Å². The maximum Gasteiger partial charge on any atom is 0.248 e. The number of carbonyl (C=O) groups is 1. The van der Waals surface area contributed by atoms with Crippen molar-refractivity contribution in [1.82, 2.24) is 10.3 Å². The van der Waals surface area contributed by atoms with Gasteiger partial charge in [-0.3, -0.25) is 15.1 Å². The molecule has 1 unspecified atom stereocenters. The molecule has 0 aromatic heterocycles. The Hall–Kier alpha value is -0.260. The number of hydrogen-bond acceptors (Lipinski definition) is 4. The van der Waals surface area contributed by atoms with Crippen LogP contribution in [0.3, 0.4) is 0 Å². The normalized spacial score (nSPS) is 25.2. The second-order valence-corrected chi connectivity index (χ2v) is 4.63. The van der Waals surface area contributed by atoms with E-state index in [4.69, 9.17) is 5.84 Å². The lowest BCUT2D eigenvalue weighted by molar-refractivity contribution is -0.122. The third-order valence-electron chi connectivity index (χ3n) is 2.05. The average molecular weight is 203 g/mol. The van der Waals surface area contributed by atoms with Crippen molar-refractivity contribution in [3.63, 3.8) is 0 Å². The molecule has 1 atom stereocenters. The molecular weight excluding hydrogens is 186 g/mol. The van der Waals surface area contributed by atoms with Crippen LogP contribution < -0.4 is 11.3 Å². The summed E-state index contributed by atoms with van der Waals surface area (Å²) in [6.45, 7) is 4.63. The van der Waals surface area contributed by atoms with E-state index in [0.717, 1.165) is 18.8 Å². The summed E-state index contributed by atoms with van der Waals surface area (Å²) in [6.07, 6.45) is 0. The Kier molecular flexibility index (Phi) is 4.55. The van der Waals surface area contributed by atoms with Gasteiger partial charge in [0.15, 0.2) is 0 Å². The topological polar surface area (TPSA) is 58.4 Å². The van der Waals surface area contributed by atoms with Crippen molar-refractivity contribution < 1.29 is 4.79 Å². The second-order valence-electron chi connectivity index (χ2n) is 3.48. The van der Waals surface area contributed by atoms with Crippen LogP contribution in [0.1, 0.15) is 6.92 Å². The lowest BCUT2D eigenvalue weighted by Crippen LogP contribution is -2.42. The van der Waals surface area contributed by atoms with Crippen LogP contribution in [0.2, 0.25) is 0 Å². The summed E-state index contributed by atoms with van der Waals surface area (Å²) in [6, 6.07) is 0. The molecule has 1 amide bonds.